The number of rotatable bonds is 4. The highest BCUT2D eigenvalue weighted by Gasteiger charge is 2.08. The van der Waals surface area contributed by atoms with Gasteiger partial charge in [0.1, 0.15) is 5.82 Å². The molecule has 0 aliphatic heterocycles. The molecule has 0 fully saturated rings. The first-order chi connectivity index (χ1) is 8.06. The van der Waals surface area contributed by atoms with Gasteiger partial charge in [0.25, 0.3) is 0 Å². The predicted octanol–water partition coefficient (Wildman–Crippen LogP) is 4.46. The van der Waals surface area contributed by atoms with Crippen LogP contribution in [-0.2, 0) is 6.54 Å². The van der Waals surface area contributed by atoms with Gasteiger partial charge in [-0.05, 0) is 42.5 Å². The Morgan fingerprint density at radius 1 is 1.18 bits per heavy atom. The van der Waals surface area contributed by atoms with E-state index in [-0.39, 0.29) is 5.82 Å². The molecule has 0 amide bonds. The molecule has 0 radical (unpaired) electrons. The minimum absolute atomic E-state index is 0.162. The van der Waals surface area contributed by atoms with Gasteiger partial charge in [-0.2, -0.15) is 0 Å². The van der Waals surface area contributed by atoms with Crippen LogP contribution >= 0.6 is 0 Å². The highest BCUT2D eigenvalue weighted by Crippen LogP contribution is 2.20. The third-order valence-electron chi connectivity index (χ3n) is 3.12. The van der Waals surface area contributed by atoms with Gasteiger partial charge in [0.15, 0.2) is 0 Å². The molecule has 0 N–H and O–H groups in total. The van der Waals surface area contributed by atoms with E-state index >= 15 is 0 Å². The SMILES string of the molecule is CC(C)CC(C)Cn1ccc2cc(F)ccc21. The summed E-state index contributed by atoms with van der Waals surface area (Å²) < 4.78 is 15.3. The van der Waals surface area contributed by atoms with E-state index in [2.05, 4.69) is 31.5 Å². The second kappa shape index (κ2) is 4.91. The Bertz CT molecular complexity index is 499. The molecule has 0 aliphatic rings. The van der Waals surface area contributed by atoms with Crippen molar-refractivity contribution in [3.63, 3.8) is 0 Å². The van der Waals surface area contributed by atoms with E-state index in [1.165, 1.54) is 12.5 Å². The maximum absolute atomic E-state index is 13.1. The van der Waals surface area contributed by atoms with Gasteiger partial charge in [-0.1, -0.05) is 20.8 Å². The number of hydrogen-bond acceptors (Lipinski definition) is 0. The molecule has 2 aromatic rings. The summed E-state index contributed by atoms with van der Waals surface area (Å²) in [4.78, 5) is 0. The fraction of sp³-hybridized carbons (Fsp3) is 0.467. The van der Waals surface area contributed by atoms with Crippen LogP contribution in [0.25, 0.3) is 10.9 Å². The molecule has 0 bridgehead atoms. The van der Waals surface area contributed by atoms with Gasteiger partial charge >= 0.3 is 0 Å². The van der Waals surface area contributed by atoms with E-state index in [0.29, 0.717) is 5.92 Å². The molecule has 1 nitrogen and oxygen atoms in total. The zero-order valence-corrected chi connectivity index (χ0v) is 10.8. The maximum atomic E-state index is 13.1. The summed E-state index contributed by atoms with van der Waals surface area (Å²) in [5.74, 6) is 1.21. The molecule has 1 unspecified atom stereocenters. The fourth-order valence-corrected chi connectivity index (χ4v) is 2.55. The summed E-state index contributed by atoms with van der Waals surface area (Å²) >= 11 is 0. The Labute approximate surface area is 102 Å². The van der Waals surface area contributed by atoms with E-state index in [9.17, 15) is 4.39 Å². The van der Waals surface area contributed by atoms with Gasteiger partial charge in [-0.3, -0.25) is 0 Å². The highest BCUT2D eigenvalue weighted by atomic mass is 19.1. The van der Waals surface area contributed by atoms with Crippen molar-refractivity contribution in [2.75, 3.05) is 0 Å². The van der Waals surface area contributed by atoms with Crippen LogP contribution in [-0.4, -0.2) is 4.57 Å². The summed E-state index contributed by atoms with van der Waals surface area (Å²) in [7, 11) is 0. The summed E-state index contributed by atoms with van der Waals surface area (Å²) in [6, 6.07) is 6.98. The molecule has 1 aromatic heterocycles. The lowest BCUT2D eigenvalue weighted by Crippen LogP contribution is -2.09. The van der Waals surface area contributed by atoms with Gasteiger partial charge in [0, 0.05) is 23.6 Å². The van der Waals surface area contributed by atoms with E-state index in [0.717, 1.165) is 23.4 Å². The molecule has 2 rings (SSSR count). The average molecular weight is 233 g/mol. The second-order valence-corrected chi connectivity index (χ2v) is 5.41. The lowest BCUT2D eigenvalue weighted by Gasteiger charge is -2.15. The van der Waals surface area contributed by atoms with Crippen LogP contribution in [0, 0.1) is 17.7 Å². The maximum Gasteiger partial charge on any atom is 0.123 e. The van der Waals surface area contributed by atoms with Crippen LogP contribution in [0.1, 0.15) is 27.2 Å². The quantitative estimate of drug-likeness (QED) is 0.734. The molecular formula is C15H20FN. The molecule has 2 heteroatoms. The minimum atomic E-state index is -0.162. The largest absolute Gasteiger partial charge is 0.347 e. The summed E-state index contributed by atoms with van der Waals surface area (Å²) in [6.45, 7) is 7.78. The van der Waals surface area contributed by atoms with Crippen molar-refractivity contribution in [2.24, 2.45) is 11.8 Å². The lowest BCUT2D eigenvalue weighted by atomic mass is 9.99. The fourth-order valence-electron chi connectivity index (χ4n) is 2.55. The molecule has 1 aromatic carbocycles. The predicted molar refractivity (Wildman–Crippen MR) is 70.5 cm³/mol. The topological polar surface area (TPSA) is 4.93 Å². The number of halogens is 1. The Kier molecular flexibility index (Phi) is 3.51. The average Bonchev–Trinajstić information content (AvgIpc) is 2.59. The van der Waals surface area contributed by atoms with E-state index in [4.69, 9.17) is 0 Å². The smallest absolute Gasteiger partial charge is 0.123 e. The molecule has 0 saturated heterocycles. The van der Waals surface area contributed by atoms with Crippen molar-refractivity contribution < 1.29 is 4.39 Å². The number of nitrogens with zero attached hydrogens (tertiary/aromatic N) is 1. The number of aromatic nitrogens is 1. The van der Waals surface area contributed by atoms with Crippen LogP contribution in [0.5, 0.6) is 0 Å². The zero-order valence-electron chi connectivity index (χ0n) is 10.8. The van der Waals surface area contributed by atoms with Crippen molar-refractivity contribution in [3.05, 3.63) is 36.3 Å². The van der Waals surface area contributed by atoms with Crippen molar-refractivity contribution in [2.45, 2.75) is 33.7 Å². The Balaban J connectivity index is 2.19. The molecule has 17 heavy (non-hydrogen) atoms. The van der Waals surface area contributed by atoms with Crippen LogP contribution in [0.4, 0.5) is 4.39 Å². The molecule has 0 saturated carbocycles. The monoisotopic (exact) mass is 233 g/mol. The first kappa shape index (κ1) is 12.2. The molecule has 0 aliphatic carbocycles. The van der Waals surface area contributed by atoms with Gasteiger partial charge in [0.05, 0.1) is 0 Å². The Hall–Kier alpha value is -1.31. The minimum Gasteiger partial charge on any atom is -0.347 e. The third-order valence-corrected chi connectivity index (χ3v) is 3.12. The number of benzene rings is 1. The van der Waals surface area contributed by atoms with Crippen LogP contribution in [0.3, 0.4) is 0 Å². The Morgan fingerprint density at radius 2 is 1.94 bits per heavy atom. The van der Waals surface area contributed by atoms with Gasteiger partial charge in [0.2, 0.25) is 0 Å². The van der Waals surface area contributed by atoms with Gasteiger partial charge in [-0.25, -0.2) is 4.39 Å². The van der Waals surface area contributed by atoms with Crippen LogP contribution < -0.4 is 0 Å². The summed E-state index contributed by atoms with van der Waals surface area (Å²) in [5, 5.41) is 0.988. The van der Waals surface area contributed by atoms with Crippen molar-refractivity contribution in [3.8, 4) is 0 Å². The number of hydrogen-bond donors (Lipinski definition) is 0. The molecular weight excluding hydrogens is 213 g/mol. The van der Waals surface area contributed by atoms with Crippen molar-refractivity contribution >= 4 is 10.9 Å². The van der Waals surface area contributed by atoms with Gasteiger partial charge in [-0.15, -0.1) is 0 Å². The molecule has 0 spiro atoms. The first-order valence-electron chi connectivity index (χ1n) is 6.30. The number of fused-ring (bicyclic) bond motifs is 1. The van der Waals surface area contributed by atoms with Gasteiger partial charge < -0.3 is 4.57 Å². The van der Waals surface area contributed by atoms with Crippen molar-refractivity contribution in [1.29, 1.82) is 0 Å². The third kappa shape index (κ3) is 2.87. The molecule has 1 atom stereocenters. The summed E-state index contributed by atoms with van der Waals surface area (Å²) in [5.41, 5.74) is 1.13. The normalized spacial score (nSPS) is 13.5. The van der Waals surface area contributed by atoms with E-state index in [1.807, 2.05) is 12.1 Å². The lowest BCUT2D eigenvalue weighted by molar-refractivity contribution is 0.394. The summed E-state index contributed by atoms with van der Waals surface area (Å²) in [6.07, 6.45) is 3.28. The van der Waals surface area contributed by atoms with Crippen LogP contribution in [0.2, 0.25) is 0 Å². The van der Waals surface area contributed by atoms with E-state index < -0.39 is 0 Å². The first-order valence-corrected chi connectivity index (χ1v) is 6.30. The zero-order chi connectivity index (χ0) is 12.4. The Morgan fingerprint density at radius 3 is 2.65 bits per heavy atom. The van der Waals surface area contributed by atoms with Crippen LogP contribution in [0.15, 0.2) is 30.5 Å². The molecule has 1 heterocycles. The van der Waals surface area contributed by atoms with Crippen molar-refractivity contribution in [1.82, 2.24) is 4.57 Å². The molecule has 92 valence electrons. The highest BCUT2D eigenvalue weighted by molar-refractivity contribution is 5.80. The van der Waals surface area contributed by atoms with E-state index in [1.54, 1.807) is 6.07 Å². The second-order valence-electron chi connectivity index (χ2n) is 5.41. The standard InChI is InChI=1S/C15H20FN/c1-11(2)8-12(3)10-17-7-6-13-9-14(16)4-5-15(13)17/h4-7,9,11-12H,8,10H2,1-3H3.